The highest BCUT2D eigenvalue weighted by Gasteiger charge is 2.49. The minimum Gasteiger partial charge on any atom is -0.239 e. The Morgan fingerprint density at radius 2 is 1.65 bits per heavy atom. The predicted octanol–water partition coefficient (Wildman–Crippen LogP) is 2.88. The Morgan fingerprint density at radius 3 is 2.15 bits per heavy atom. The monoisotopic (exact) mass is 321 g/mol. The molecule has 0 bridgehead atoms. The van der Waals surface area contributed by atoms with Crippen LogP contribution in [0.25, 0.3) is 10.9 Å². The van der Waals surface area contributed by atoms with Crippen LogP contribution in [-0.2, 0) is 10.0 Å². The lowest BCUT2D eigenvalue weighted by Crippen LogP contribution is -2.47. The maximum atomic E-state index is 12.9. The Morgan fingerprint density at radius 1 is 1.10 bits per heavy atom. The van der Waals surface area contributed by atoms with Gasteiger partial charge in [0.25, 0.3) is 0 Å². The van der Waals surface area contributed by atoms with Gasteiger partial charge in [-0.3, -0.25) is 0 Å². The minimum absolute atomic E-state index is 0.0715. The summed E-state index contributed by atoms with van der Waals surface area (Å²) in [5.74, 6) is 0. The third-order valence-corrected chi connectivity index (χ3v) is 6.49. The molecule has 1 aromatic heterocycles. The van der Waals surface area contributed by atoms with Crippen molar-refractivity contribution >= 4 is 34.3 Å². The molecule has 0 saturated carbocycles. The number of nitrogens with zero attached hydrogens (tertiary/aromatic N) is 1. The highest BCUT2D eigenvalue weighted by atomic mass is 32.2. The van der Waals surface area contributed by atoms with Gasteiger partial charge in [-0.25, -0.2) is 3.97 Å². The van der Waals surface area contributed by atoms with Gasteiger partial charge in [-0.1, -0.05) is 37.8 Å². The fourth-order valence-electron chi connectivity index (χ4n) is 2.01. The number of aromatic nitrogens is 1. The lowest BCUT2D eigenvalue weighted by molar-refractivity contribution is -0.0444. The number of hydrogen-bond acceptors (Lipinski definition) is 2. The van der Waals surface area contributed by atoms with Crippen molar-refractivity contribution in [1.82, 2.24) is 3.97 Å². The van der Waals surface area contributed by atoms with E-state index in [-0.39, 0.29) is 10.8 Å². The molecule has 20 heavy (non-hydrogen) atoms. The van der Waals surface area contributed by atoms with E-state index in [0.717, 1.165) is 0 Å². The molecule has 0 N–H and O–H groups in total. The number of hydrogen-bond donors (Lipinski definition) is 0. The van der Waals surface area contributed by atoms with Crippen molar-refractivity contribution in [3.8, 4) is 0 Å². The number of fused-ring (bicyclic) bond motifs is 1. The fourth-order valence-corrected chi connectivity index (χ4v) is 5.46. The third kappa shape index (κ3) is 2.26. The van der Waals surface area contributed by atoms with E-state index < -0.39 is 23.6 Å². The van der Waals surface area contributed by atoms with Gasteiger partial charge >= 0.3 is 15.5 Å². The molecule has 3 nitrogen and oxygen atoms in total. The summed E-state index contributed by atoms with van der Waals surface area (Å²) < 4.78 is 62.9. The second-order valence-electron chi connectivity index (χ2n) is 5.55. The second-order valence-corrected chi connectivity index (χ2v) is 12.3. The SMILES string of the molecule is C[Si](C)(C)c1cc2ccccc2n1S(=O)(=O)C(F)(F)F. The van der Waals surface area contributed by atoms with Crippen LogP contribution in [0.15, 0.2) is 30.3 Å². The first kappa shape index (κ1) is 15.1. The van der Waals surface area contributed by atoms with Crippen molar-refractivity contribution in [1.29, 1.82) is 0 Å². The Kier molecular flexibility index (Phi) is 3.29. The summed E-state index contributed by atoms with van der Waals surface area (Å²) in [7, 11) is -7.69. The van der Waals surface area contributed by atoms with E-state index in [1.165, 1.54) is 12.1 Å². The maximum Gasteiger partial charge on any atom is 0.517 e. The third-order valence-electron chi connectivity index (χ3n) is 2.97. The highest BCUT2D eigenvalue weighted by molar-refractivity contribution is 7.91. The second kappa shape index (κ2) is 4.36. The van der Waals surface area contributed by atoms with Crippen LogP contribution in [0, 0.1) is 0 Å². The van der Waals surface area contributed by atoms with Crippen molar-refractivity contribution < 1.29 is 21.6 Å². The molecule has 0 fully saturated rings. The molecule has 8 heteroatoms. The van der Waals surface area contributed by atoms with Crippen LogP contribution in [0.1, 0.15) is 0 Å². The summed E-state index contributed by atoms with van der Waals surface area (Å²) in [6.07, 6.45) is 0. The highest BCUT2D eigenvalue weighted by Crippen LogP contribution is 2.29. The quantitative estimate of drug-likeness (QED) is 0.798. The van der Waals surface area contributed by atoms with E-state index >= 15 is 0 Å². The first-order chi connectivity index (χ1) is 8.96. The van der Waals surface area contributed by atoms with Gasteiger partial charge in [0.2, 0.25) is 0 Å². The molecule has 0 unspecified atom stereocenters. The van der Waals surface area contributed by atoms with Crippen LogP contribution in [0.3, 0.4) is 0 Å². The van der Waals surface area contributed by atoms with Crippen LogP contribution >= 0.6 is 0 Å². The molecule has 0 aliphatic heterocycles. The fraction of sp³-hybridized carbons (Fsp3) is 0.333. The van der Waals surface area contributed by atoms with Crippen LogP contribution in [0.4, 0.5) is 13.2 Å². The molecule has 0 aliphatic rings. The minimum atomic E-state index is -5.42. The van der Waals surface area contributed by atoms with Crippen molar-refractivity contribution in [2.24, 2.45) is 0 Å². The van der Waals surface area contributed by atoms with Crippen LogP contribution < -0.4 is 5.32 Å². The number of alkyl halides is 3. The molecular formula is C12H14F3NO2SSi. The van der Waals surface area contributed by atoms with Gasteiger partial charge in [0.1, 0.15) is 8.07 Å². The molecule has 0 aliphatic carbocycles. The van der Waals surface area contributed by atoms with E-state index in [2.05, 4.69) is 0 Å². The van der Waals surface area contributed by atoms with Gasteiger partial charge in [-0.15, -0.1) is 0 Å². The number of benzene rings is 1. The molecule has 1 heterocycles. The number of halogens is 3. The van der Waals surface area contributed by atoms with E-state index in [1.54, 1.807) is 18.2 Å². The number of rotatable bonds is 2. The van der Waals surface area contributed by atoms with E-state index in [0.29, 0.717) is 9.36 Å². The summed E-state index contributed by atoms with van der Waals surface area (Å²) in [5, 5.41) is 0.744. The number of para-hydroxylation sites is 1. The Labute approximate surface area is 116 Å². The molecule has 0 saturated heterocycles. The Balaban J connectivity index is 2.94. The zero-order chi connectivity index (χ0) is 15.3. The van der Waals surface area contributed by atoms with Crippen molar-refractivity contribution in [2.75, 3.05) is 0 Å². The Bertz CT molecular complexity index is 757. The standard InChI is InChI=1S/C12H14F3NO2SSi/c1-20(2,3)11-8-9-6-4-5-7-10(9)16(11)19(17,18)12(13,14)15/h4-8H,1-3H3. The zero-order valence-corrected chi connectivity index (χ0v) is 13.0. The van der Waals surface area contributed by atoms with Gasteiger partial charge in [-0.05, 0) is 12.1 Å². The van der Waals surface area contributed by atoms with Crippen molar-refractivity contribution in [3.63, 3.8) is 0 Å². The van der Waals surface area contributed by atoms with Crippen LogP contribution in [0.5, 0.6) is 0 Å². The summed E-state index contributed by atoms with van der Waals surface area (Å²) >= 11 is 0. The van der Waals surface area contributed by atoms with Gasteiger partial charge in [0, 0.05) is 10.7 Å². The molecule has 2 aromatic rings. The molecule has 0 amide bonds. The summed E-state index contributed by atoms with van der Waals surface area (Å²) in [5.41, 5.74) is -5.24. The van der Waals surface area contributed by atoms with Crippen LogP contribution in [0.2, 0.25) is 19.6 Å². The summed E-state index contributed by atoms with van der Waals surface area (Å²) in [6, 6.07) is 7.74. The normalized spacial score (nSPS) is 13.9. The molecular weight excluding hydrogens is 307 g/mol. The van der Waals surface area contributed by atoms with E-state index in [4.69, 9.17) is 0 Å². The maximum absolute atomic E-state index is 12.9. The van der Waals surface area contributed by atoms with Crippen molar-refractivity contribution in [2.45, 2.75) is 25.1 Å². The lowest BCUT2D eigenvalue weighted by atomic mass is 10.3. The largest absolute Gasteiger partial charge is 0.517 e. The Hall–Kier alpha value is -1.28. The van der Waals surface area contributed by atoms with Gasteiger partial charge in [0.05, 0.1) is 5.52 Å². The molecule has 0 atom stereocenters. The molecule has 2 rings (SSSR count). The molecule has 0 radical (unpaired) electrons. The first-order valence-corrected chi connectivity index (χ1v) is 10.8. The molecule has 1 aromatic carbocycles. The first-order valence-electron chi connectivity index (χ1n) is 5.89. The van der Waals surface area contributed by atoms with E-state index in [9.17, 15) is 21.6 Å². The summed E-state index contributed by atoms with van der Waals surface area (Å²) in [6.45, 7) is 5.43. The van der Waals surface area contributed by atoms with Gasteiger partial charge < -0.3 is 0 Å². The topological polar surface area (TPSA) is 39.1 Å². The molecule has 110 valence electrons. The van der Waals surface area contributed by atoms with Crippen molar-refractivity contribution in [3.05, 3.63) is 30.3 Å². The zero-order valence-electron chi connectivity index (χ0n) is 11.2. The summed E-state index contributed by atoms with van der Waals surface area (Å²) in [4.78, 5) is 0. The van der Waals surface area contributed by atoms with Crippen LogP contribution in [-0.4, -0.2) is 26.0 Å². The van der Waals surface area contributed by atoms with Gasteiger partial charge in [-0.2, -0.15) is 21.6 Å². The average molecular weight is 321 g/mol. The predicted molar refractivity (Wildman–Crippen MR) is 75.3 cm³/mol. The lowest BCUT2D eigenvalue weighted by Gasteiger charge is -2.21. The molecule has 0 spiro atoms. The smallest absolute Gasteiger partial charge is 0.239 e. The average Bonchev–Trinajstić information content (AvgIpc) is 2.66. The van der Waals surface area contributed by atoms with Gasteiger partial charge in [0.15, 0.2) is 0 Å². The van der Waals surface area contributed by atoms with E-state index in [1.807, 2.05) is 19.6 Å².